The number of nitrogens with two attached hydrogens (primary N) is 1. The number of aliphatic imine (C=N–C) groups is 1. The topological polar surface area (TPSA) is 54.1 Å². The van der Waals surface area contributed by atoms with Crippen LogP contribution in [0, 0.1) is 0 Å². The molecule has 2 aliphatic rings. The monoisotopic (exact) mass is 364 g/mol. The van der Waals surface area contributed by atoms with E-state index in [0.29, 0.717) is 12.5 Å². The molecule has 6 heteroatoms. The number of hydrogen-bond donors (Lipinski definition) is 1. The van der Waals surface area contributed by atoms with Crippen LogP contribution in [0.4, 0.5) is 0 Å². The molecule has 2 N–H and O–H groups in total. The van der Waals surface area contributed by atoms with Gasteiger partial charge in [-0.2, -0.15) is 0 Å². The molecule has 2 saturated heterocycles. The van der Waals surface area contributed by atoms with E-state index < -0.39 is 0 Å². The second-order valence-corrected chi connectivity index (χ2v) is 7.19. The number of halogens is 1. The molecule has 1 atom stereocenters. The Balaban J connectivity index is 1.74. The SMILES string of the molecule is NC(=NCC(c1ccccc1Cl)N1CCOCC1)N1CCCCCC1. The van der Waals surface area contributed by atoms with Crippen LogP contribution in [-0.2, 0) is 4.74 Å². The highest BCUT2D eigenvalue weighted by Crippen LogP contribution is 2.28. The summed E-state index contributed by atoms with van der Waals surface area (Å²) in [6, 6.07) is 8.20. The van der Waals surface area contributed by atoms with E-state index in [1.54, 1.807) is 0 Å². The van der Waals surface area contributed by atoms with Gasteiger partial charge in [-0.3, -0.25) is 9.89 Å². The van der Waals surface area contributed by atoms with Crippen molar-refractivity contribution in [3.63, 3.8) is 0 Å². The van der Waals surface area contributed by atoms with Gasteiger partial charge in [0.1, 0.15) is 0 Å². The van der Waals surface area contributed by atoms with Crippen LogP contribution in [0.5, 0.6) is 0 Å². The third-order valence-electron chi connectivity index (χ3n) is 5.11. The zero-order valence-electron chi connectivity index (χ0n) is 14.9. The minimum absolute atomic E-state index is 0.142. The van der Waals surface area contributed by atoms with Gasteiger partial charge in [-0.1, -0.05) is 42.6 Å². The molecule has 25 heavy (non-hydrogen) atoms. The number of benzene rings is 1. The first-order valence-electron chi connectivity index (χ1n) is 9.37. The Labute approximate surface area is 155 Å². The first kappa shape index (κ1) is 18.5. The molecule has 2 heterocycles. The van der Waals surface area contributed by atoms with Gasteiger partial charge in [-0.15, -0.1) is 0 Å². The smallest absolute Gasteiger partial charge is 0.191 e. The molecular formula is C19H29ClN4O. The Morgan fingerprint density at radius 1 is 1.08 bits per heavy atom. The Morgan fingerprint density at radius 3 is 2.44 bits per heavy atom. The number of ether oxygens (including phenoxy) is 1. The number of nitrogens with zero attached hydrogens (tertiary/aromatic N) is 3. The molecular weight excluding hydrogens is 336 g/mol. The maximum atomic E-state index is 6.48. The van der Waals surface area contributed by atoms with Gasteiger partial charge in [-0.05, 0) is 24.5 Å². The van der Waals surface area contributed by atoms with Gasteiger partial charge in [0.05, 0.1) is 25.8 Å². The molecule has 1 unspecified atom stereocenters. The molecule has 1 aromatic carbocycles. The first-order valence-corrected chi connectivity index (χ1v) is 9.74. The summed E-state index contributed by atoms with van der Waals surface area (Å²) in [6.45, 7) is 5.97. The van der Waals surface area contributed by atoms with E-state index >= 15 is 0 Å². The highest BCUT2D eigenvalue weighted by molar-refractivity contribution is 6.31. The predicted octanol–water partition coefficient (Wildman–Crippen LogP) is 2.90. The van der Waals surface area contributed by atoms with Crippen molar-refractivity contribution in [2.75, 3.05) is 45.9 Å². The number of rotatable bonds is 4. The van der Waals surface area contributed by atoms with E-state index in [-0.39, 0.29) is 6.04 Å². The maximum Gasteiger partial charge on any atom is 0.191 e. The number of hydrogen-bond acceptors (Lipinski definition) is 3. The standard InChI is InChI=1S/C19H29ClN4O/c20-17-8-4-3-7-16(17)18(23-11-13-25-14-12-23)15-22-19(21)24-9-5-1-2-6-10-24/h3-4,7-8,18H,1-2,5-6,9-15H2,(H2,21,22). The van der Waals surface area contributed by atoms with Crippen molar-refractivity contribution in [1.82, 2.24) is 9.80 Å². The van der Waals surface area contributed by atoms with Gasteiger partial charge < -0.3 is 15.4 Å². The van der Waals surface area contributed by atoms with E-state index in [1.807, 2.05) is 18.2 Å². The van der Waals surface area contributed by atoms with Gasteiger partial charge in [0.2, 0.25) is 0 Å². The molecule has 0 spiro atoms. The van der Waals surface area contributed by atoms with Crippen molar-refractivity contribution in [1.29, 1.82) is 0 Å². The third-order valence-corrected chi connectivity index (χ3v) is 5.45. The molecule has 0 amide bonds. The molecule has 1 aromatic rings. The summed E-state index contributed by atoms with van der Waals surface area (Å²) in [6.07, 6.45) is 4.99. The highest BCUT2D eigenvalue weighted by Gasteiger charge is 2.24. The van der Waals surface area contributed by atoms with Gasteiger partial charge >= 0.3 is 0 Å². The van der Waals surface area contributed by atoms with Crippen LogP contribution >= 0.6 is 11.6 Å². The van der Waals surface area contributed by atoms with Crippen LogP contribution < -0.4 is 5.73 Å². The number of guanidine groups is 1. The van der Waals surface area contributed by atoms with Crippen molar-refractivity contribution >= 4 is 17.6 Å². The third kappa shape index (κ3) is 5.09. The van der Waals surface area contributed by atoms with Crippen LogP contribution in [0.25, 0.3) is 0 Å². The summed E-state index contributed by atoms with van der Waals surface area (Å²) < 4.78 is 5.51. The lowest BCUT2D eigenvalue weighted by molar-refractivity contribution is 0.0179. The number of morpholine rings is 1. The van der Waals surface area contributed by atoms with Gasteiger partial charge in [0.15, 0.2) is 5.96 Å². The summed E-state index contributed by atoms with van der Waals surface area (Å²) >= 11 is 6.48. The lowest BCUT2D eigenvalue weighted by atomic mass is 10.0. The van der Waals surface area contributed by atoms with E-state index in [1.165, 1.54) is 25.7 Å². The molecule has 2 aliphatic heterocycles. The van der Waals surface area contributed by atoms with Crippen LogP contribution in [0.3, 0.4) is 0 Å². The summed E-state index contributed by atoms with van der Waals surface area (Å²) in [5, 5.41) is 0.794. The largest absolute Gasteiger partial charge is 0.379 e. The molecule has 0 saturated carbocycles. The summed E-state index contributed by atoms with van der Waals surface area (Å²) in [5.74, 6) is 0.673. The second kappa shape index (κ2) is 9.41. The maximum absolute atomic E-state index is 6.48. The van der Waals surface area contributed by atoms with E-state index in [2.05, 4.69) is 15.9 Å². The summed E-state index contributed by atoms with van der Waals surface area (Å²) in [4.78, 5) is 9.40. The highest BCUT2D eigenvalue weighted by atomic mass is 35.5. The van der Waals surface area contributed by atoms with Crippen LogP contribution in [0.15, 0.2) is 29.3 Å². The number of likely N-dealkylation sites (tertiary alicyclic amines) is 1. The van der Waals surface area contributed by atoms with E-state index in [4.69, 9.17) is 27.1 Å². The Kier molecular flexibility index (Phi) is 6.96. The molecule has 3 rings (SSSR count). The zero-order valence-corrected chi connectivity index (χ0v) is 15.6. The van der Waals surface area contributed by atoms with Crippen LogP contribution in [0.2, 0.25) is 5.02 Å². The molecule has 5 nitrogen and oxygen atoms in total. The predicted molar refractivity (Wildman–Crippen MR) is 103 cm³/mol. The molecule has 138 valence electrons. The first-order chi connectivity index (χ1) is 12.3. The molecule has 0 radical (unpaired) electrons. The van der Waals surface area contributed by atoms with Crippen LogP contribution in [-0.4, -0.2) is 61.7 Å². The van der Waals surface area contributed by atoms with Crippen molar-refractivity contribution in [3.8, 4) is 0 Å². The van der Waals surface area contributed by atoms with Crippen molar-refractivity contribution < 1.29 is 4.74 Å². The Hall–Kier alpha value is -1.30. The Bertz CT molecular complexity index is 566. The second-order valence-electron chi connectivity index (χ2n) is 6.79. The average molecular weight is 365 g/mol. The lowest BCUT2D eigenvalue weighted by Crippen LogP contribution is -2.42. The molecule has 2 fully saturated rings. The zero-order chi connectivity index (χ0) is 17.5. The normalized spacial score (nSPS) is 21.8. The fraction of sp³-hybridized carbons (Fsp3) is 0.632. The van der Waals surface area contributed by atoms with Gasteiger partial charge in [0, 0.05) is 31.2 Å². The van der Waals surface area contributed by atoms with E-state index in [0.717, 1.165) is 50.0 Å². The fourth-order valence-corrected chi connectivity index (χ4v) is 3.89. The fourth-order valence-electron chi connectivity index (χ4n) is 3.62. The van der Waals surface area contributed by atoms with E-state index in [9.17, 15) is 0 Å². The minimum Gasteiger partial charge on any atom is -0.379 e. The van der Waals surface area contributed by atoms with Crippen molar-refractivity contribution in [3.05, 3.63) is 34.9 Å². The molecule has 0 bridgehead atoms. The molecule has 0 aromatic heterocycles. The van der Waals surface area contributed by atoms with Crippen molar-refractivity contribution in [2.24, 2.45) is 10.7 Å². The quantitative estimate of drug-likeness (QED) is 0.659. The van der Waals surface area contributed by atoms with Gasteiger partial charge in [0.25, 0.3) is 0 Å². The van der Waals surface area contributed by atoms with Crippen molar-refractivity contribution in [2.45, 2.75) is 31.7 Å². The van der Waals surface area contributed by atoms with Crippen LogP contribution in [0.1, 0.15) is 37.3 Å². The average Bonchev–Trinajstić information content (AvgIpc) is 2.93. The van der Waals surface area contributed by atoms with Gasteiger partial charge in [-0.25, -0.2) is 0 Å². The summed E-state index contributed by atoms with van der Waals surface area (Å²) in [7, 11) is 0. The Morgan fingerprint density at radius 2 is 1.76 bits per heavy atom. The summed E-state index contributed by atoms with van der Waals surface area (Å²) in [5.41, 5.74) is 7.44. The minimum atomic E-state index is 0.142. The molecule has 0 aliphatic carbocycles. The lowest BCUT2D eigenvalue weighted by Gasteiger charge is -2.34.